The van der Waals surface area contributed by atoms with E-state index in [0.29, 0.717) is 25.4 Å². The summed E-state index contributed by atoms with van der Waals surface area (Å²) in [5.74, 6) is -0.187. The summed E-state index contributed by atoms with van der Waals surface area (Å²) in [6.45, 7) is 5.24. The first-order valence-electron chi connectivity index (χ1n) is 13.7. The first-order chi connectivity index (χ1) is 19.7. The van der Waals surface area contributed by atoms with Gasteiger partial charge in [-0.1, -0.05) is 84.9 Å². The molecule has 5 atom stereocenters. The molecular formula is C33H39NO6. The maximum Gasteiger partial charge on any atom is 0.251 e. The van der Waals surface area contributed by atoms with Crippen molar-refractivity contribution in [2.45, 2.75) is 56.8 Å². The molecule has 212 valence electrons. The lowest BCUT2D eigenvalue weighted by Crippen LogP contribution is -2.62. The van der Waals surface area contributed by atoms with Crippen molar-refractivity contribution in [2.24, 2.45) is 0 Å². The van der Waals surface area contributed by atoms with Gasteiger partial charge in [0.05, 0.1) is 13.2 Å². The van der Waals surface area contributed by atoms with E-state index in [1.807, 2.05) is 84.9 Å². The lowest BCUT2D eigenvalue weighted by Gasteiger charge is -2.45. The lowest BCUT2D eigenvalue weighted by molar-refractivity contribution is -0.315. The summed E-state index contributed by atoms with van der Waals surface area (Å²) in [6.07, 6.45) is 0.634. The van der Waals surface area contributed by atoms with Crippen LogP contribution in [-0.4, -0.2) is 56.9 Å². The van der Waals surface area contributed by atoms with E-state index in [4.69, 9.17) is 23.7 Å². The minimum atomic E-state index is -0.726. The van der Waals surface area contributed by atoms with Gasteiger partial charge in [0.1, 0.15) is 24.4 Å². The summed E-state index contributed by atoms with van der Waals surface area (Å²) in [7, 11) is 1.59. The number of hydrogen-bond acceptors (Lipinski definition) is 6. The molecule has 3 aromatic rings. The minimum Gasteiger partial charge on any atom is -0.373 e. The van der Waals surface area contributed by atoms with Crippen molar-refractivity contribution in [1.82, 2.24) is 5.32 Å². The van der Waals surface area contributed by atoms with E-state index < -0.39 is 30.7 Å². The number of carbonyl (C=O) groups excluding carboxylic acids is 1. The maximum absolute atomic E-state index is 12.9. The number of ether oxygens (including phenoxy) is 5. The molecule has 1 heterocycles. The Balaban J connectivity index is 1.56. The first-order valence-corrected chi connectivity index (χ1v) is 13.7. The van der Waals surface area contributed by atoms with Crippen LogP contribution < -0.4 is 5.32 Å². The van der Waals surface area contributed by atoms with Crippen LogP contribution in [0.5, 0.6) is 0 Å². The molecule has 0 spiro atoms. The highest BCUT2D eigenvalue weighted by atomic mass is 16.7. The van der Waals surface area contributed by atoms with Crippen molar-refractivity contribution in [3.63, 3.8) is 0 Å². The Bertz CT molecular complexity index is 1140. The van der Waals surface area contributed by atoms with E-state index >= 15 is 0 Å². The first kappa shape index (κ1) is 29.6. The highest BCUT2D eigenvalue weighted by Crippen LogP contribution is 2.30. The normalized spacial score (nSPS) is 22.5. The van der Waals surface area contributed by atoms with E-state index in [9.17, 15) is 4.79 Å². The van der Waals surface area contributed by atoms with E-state index in [-0.39, 0.29) is 12.5 Å². The van der Waals surface area contributed by atoms with E-state index in [1.54, 1.807) is 19.2 Å². The summed E-state index contributed by atoms with van der Waals surface area (Å²) in [5, 5.41) is 3.00. The molecule has 1 aliphatic heterocycles. The maximum atomic E-state index is 12.9. The highest BCUT2D eigenvalue weighted by molar-refractivity contribution is 5.94. The molecule has 1 saturated heterocycles. The van der Waals surface area contributed by atoms with Gasteiger partial charge in [-0.3, -0.25) is 4.79 Å². The number of carbonyl (C=O) groups is 1. The van der Waals surface area contributed by atoms with Gasteiger partial charge in [-0.25, -0.2) is 0 Å². The number of rotatable bonds is 15. The van der Waals surface area contributed by atoms with Gasteiger partial charge >= 0.3 is 0 Å². The fourth-order valence-corrected chi connectivity index (χ4v) is 4.67. The summed E-state index contributed by atoms with van der Waals surface area (Å²) in [6, 6.07) is 29.0. The SMILES string of the molecule is C=CCCCOC1[C@H](OCc2ccccc2)C(OCc2ccccc2)C(OC)O[C@@H]1CNC(=O)c1ccccc1. The Kier molecular flexibility index (Phi) is 11.9. The third-order valence-electron chi connectivity index (χ3n) is 6.76. The topological polar surface area (TPSA) is 75.2 Å². The fourth-order valence-electron chi connectivity index (χ4n) is 4.67. The zero-order valence-corrected chi connectivity index (χ0v) is 23.0. The minimum absolute atomic E-state index is 0.187. The van der Waals surface area contributed by atoms with Gasteiger partial charge in [-0.2, -0.15) is 0 Å². The largest absolute Gasteiger partial charge is 0.373 e. The molecule has 7 heteroatoms. The summed E-state index contributed by atoms with van der Waals surface area (Å²) in [5.41, 5.74) is 2.63. The van der Waals surface area contributed by atoms with E-state index in [2.05, 4.69) is 11.9 Å². The molecule has 3 aromatic carbocycles. The van der Waals surface area contributed by atoms with Crippen LogP contribution in [0.25, 0.3) is 0 Å². The van der Waals surface area contributed by atoms with Crippen molar-refractivity contribution >= 4 is 5.91 Å². The van der Waals surface area contributed by atoms with Gasteiger partial charge in [0.25, 0.3) is 5.91 Å². The Morgan fingerprint density at radius 3 is 1.98 bits per heavy atom. The second-order valence-corrected chi connectivity index (χ2v) is 9.64. The average Bonchev–Trinajstić information content (AvgIpc) is 3.01. The summed E-state index contributed by atoms with van der Waals surface area (Å²) < 4.78 is 31.6. The Labute approximate surface area is 237 Å². The van der Waals surface area contributed by atoms with Crippen molar-refractivity contribution in [1.29, 1.82) is 0 Å². The number of hydrogen-bond donors (Lipinski definition) is 1. The van der Waals surface area contributed by atoms with Gasteiger partial charge in [-0.15, -0.1) is 6.58 Å². The van der Waals surface area contributed by atoms with Crippen molar-refractivity contribution in [3.8, 4) is 0 Å². The van der Waals surface area contributed by atoms with E-state index in [0.717, 1.165) is 24.0 Å². The van der Waals surface area contributed by atoms with Crippen LogP contribution in [0.2, 0.25) is 0 Å². The third kappa shape index (κ3) is 8.58. The molecule has 0 aliphatic carbocycles. The number of allylic oxidation sites excluding steroid dienone is 1. The standard InChI is InChI=1S/C33H39NO6/c1-3-4-14-21-37-29-28(22-34-32(35)27-19-12-7-13-20-27)40-33(36-2)31(39-24-26-17-10-6-11-18-26)30(29)38-23-25-15-8-5-9-16-25/h3,5-13,15-20,28-31,33H,1,4,14,21-24H2,2H3,(H,34,35)/t28-,29?,30+,31?,33?/m1/s1. The van der Waals surface area contributed by atoms with Crippen LogP contribution in [-0.2, 0) is 36.9 Å². The van der Waals surface area contributed by atoms with E-state index in [1.165, 1.54) is 0 Å². The van der Waals surface area contributed by atoms with Crippen molar-refractivity contribution in [3.05, 3.63) is 120 Å². The lowest BCUT2D eigenvalue weighted by atomic mass is 9.97. The summed E-state index contributed by atoms with van der Waals surface area (Å²) >= 11 is 0. The molecule has 1 N–H and O–H groups in total. The van der Waals surface area contributed by atoms with Crippen molar-refractivity contribution < 1.29 is 28.5 Å². The second kappa shape index (κ2) is 16.1. The van der Waals surface area contributed by atoms with Gasteiger partial charge < -0.3 is 29.0 Å². The van der Waals surface area contributed by atoms with Crippen LogP contribution in [0.15, 0.2) is 104 Å². The molecule has 3 unspecified atom stereocenters. The molecule has 40 heavy (non-hydrogen) atoms. The van der Waals surface area contributed by atoms with Gasteiger partial charge in [0.15, 0.2) is 6.29 Å². The van der Waals surface area contributed by atoms with Crippen LogP contribution in [0.1, 0.15) is 34.3 Å². The number of methoxy groups -OCH3 is 1. The van der Waals surface area contributed by atoms with Crippen LogP contribution in [0.3, 0.4) is 0 Å². The highest BCUT2D eigenvalue weighted by Gasteiger charge is 2.48. The quantitative estimate of drug-likeness (QED) is 0.206. The van der Waals surface area contributed by atoms with Crippen LogP contribution in [0, 0.1) is 0 Å². The van der Waals surface area contributed by atoms with Crippen molar-refractivity contribution in [2.75, 3.05) is 20.3 Å². The number of nitrogens with one attached hydrogen (secondary N) is 1. The number of benzene rings is 3. The molecule has 1 aliphatic rings. The number of amides is 1. The van der Waals surface area contributed by atoms with Gasteiger partial charge in [0, 0.05) is 25.8 Å². The zero-order chi connectivity index (χ0) is 28.0. The molecule has 1 fully saturated rings. The Morgan fingerprint density at radius 1 is 0.825 bits per heavy atom. The predicted molar refractivity (Wildman–Crippen MR) is 154 cm³/mol. The fraction of sp³-hybridized carbons (Fsp3) is 0.364. The predicted octanol–water partition coefficient (Wildman–Crippen LogP) is 5.31. The third-order valence-corrected chi connectivity index (χ3v) is 6.76. The molecule has 0 saturated carbocycles. The molecule has 0 aromatic heterocycles. The smallest absolute Gasteiger partial charge is 0.251 e. The summed E-state index contributed by atoms with van der Waals surface area (Å²) in [4.78, 5) is 12.9. The van der Waals surface area contributed by atoms with Crippen LogP contribution in [0.4, 0.5) is 0 Å². The van der Waals surface area contributed by atoms with Crippen LogP contribution >= 0.6 is 0 Å². The second-order valence-electron chi connectivity index (χ2n) is 9.64. The Morgan fingerprint density at radius 2 is 1.40 bits per heavy atom. The monoisotopic (exact) mass is 545 g/mol. The zero-order valence-electron chi connectivity index (χ0n) is 23.0. The van der Waals surface area contributed by atoms with Gasteiger partial charge in [-0.05, 0) is 36.1 Å². The molecule has 7 nitrogen and oxygen atoms in total. The molecule has 0 radical (unpaired) electrons. The number of unbranched alkanes of at least 4 members (excludes halogenated alkanes) is 1. The Hall–Kier alpha value is -3.33. The molecule has 4 rings (SSSR count). The molecule has 0 bridgehead atoms. The average molecular weight is 546 g/mol. The van der Waals surface area contributed by atoms with Gasteiger partial charge in [0.2, 0.25) is 0 Å². The molecular weight excluding hydrogens is 506 g/mol. The molecule has 1 amide bonds.